The predicted molar refractivity (Wildman–Crippen MR) is 121 cm³/mol. The van der Waals surface area contributed by atoms with Crippen molar-refractivity contribution < 1.29 is 9.53 Å². The number of aliphatic imine (C=N–C) groups is 1. The largest absolute Gasteiger partial charge is 0.383 e. The molecule has 0 atom stereocenters. The molecule has 0 aromatic heterocycles. The van der Waals surface area contributed by atoms with Crippen molar-refractivity contribution in [3.8, 4) is 0 Å². The summed E-state index contributed by atoms with van der Waals surface area (Å²) in [4.78, 5) is 22.0. The van der Waals surface area contributed by atoms with E-state index in [2.05, 4.69) is 20.9 Å². The molecule has 7 heteroatoms. The Morgan fingerprint density at radius 2 is 1.96 bits per heavy atom. The highest BCUT2D eigenvalue weighted by Gasteiger charge is 2.33. The number of para-hydroxylation sites is 1. The number of hydrogen-bond donors (Lipinski definition) is 0. The number of hydrogen-bond acceptors (Lipinski definition) is 5. The highest BCUT2D eigenvalue weighted by atomic mass is 79.9. The maximum Gasteiger partial charge on any atom is 0.266 e. The molecule has 0 unspecified atom stereocenters. The minimum atomic E-state index is -0.0514. The van der Waals surface area contributed by atoms with Gasteiger partial charge >= 0.3 is 0 Å². The van der Waals surface area contributed by atoms with Gasteiger partial charge in [-0.2, -0.15) is 0 Å². The quantitative estimate of drug-likeness (QED) is 0.583. The normalized spacial score (nSPS) is 17.0. The molecule has 0 bridgehead atoms. The summed E-state index contributed by atoms with van der Waals surface area (Å²) in [5, 5.41) is 0.670. The van der Waals surface area contributed by atoms with Crippen LogP contribution in [0.15, 0.2) is 62.9 Å². The lowest BCUT2D eigenvalue weighted by molar-refractivity contribution is -0.122. The highest BCUT2D eigenvalue weighted by Crippen LogP contribution is 2.35. The van der Waals surface area contributed by atoms with Crippen LogP contribution in [-0.4, -0.2) is 50.3 Å². The number of nitrogens with zero attached hydrogens (tertiary/aromatic N) is 3. The Bertz CT molecular complexity index is 913. The van der Waals surface area contributed by atoms with Gasteiger partial charge < -0.3 is 9.64 Å². The first kappa shape index (κ1) is 20.6. The SMILES string of the molecule is COCCN1C(=O)C(=Cc2ccc(N(C)C)c(Br)c2)SC1=Nc1ccccc1. The molecule has 2 aromatic carbocycles. The molecular weight excluding hydrogens is 438 g/mol. The maximum absolute atomic E-state index is 13.0. The molecule has 0 spiro atoms. The number of ether oxygens (including phenoxy) is 1. The monoisotopic (exact) mass is 459 g/mol. The van der Waals surface area contributed by atoms with Crippen LogP contribution < -0.4 is 4.90 Å². The summed E-state index contributed by atoms with van der Waals surface area (Å²) in [5.74, 6) is -0.0514. The van der Waals surface area contributed by atoms with Crippen molar-refractivity contribution in [3.63, 3.8) is 0 Å². The number of carbonyl (C=O) groups excluding carboxylic acids is 1. The topological polar surface area (TPSA) is 45.1 Å². The lowest BCUT2D eigenvalue weighted by Crippen LogP contribution is -2.32. The van der Waals surface area contributed by atoms with E-state index in [4.69, 9.17) is 4.74 Å². The molecule has 28 heavy (non-hydrogen) atoms. The van der Waals surface area contributed by atoms with E-state index >= 15 is 0 Å². The van der Waals surface area contributed by atoms with E-state index in [0.717, 1.165) is 21.4 Å². The van der Waals surface area contributed by atoms with Crippen molar-refractivity contribution in [2.75, 3.05) is 39.3 Å². The van der Waals surface area contributed by atoms with E-state index in [0.29, 0.717) is 23.2 Å². The number of thioether (sulfide) groups is 1. The van der Waals surface area contributed by atoms with Gasteiger partial charge in [0, 0.05) is 25.7 Å². The first-order valence-electron chi connectivity index (χ1n) is 8.80. The third kappa shape index (κ3) is 4.84. The fraction of sp³-hybridized carbons (Fsp3) is 0.238. The summed E-state index contributed by atoms with van der Waals surface area (Å²) in [7, 11) is 5.62. The fourth-order valence-corrected chi connectivity index (χ4v) is 4.49. The van der Waals surface area contributed by atoms with E-state index in [1.54, 1.807) is 12.0 Å². The lowest BCUT2D eigenvalue weighted by atomic mass is 10.2. The standard InChI is InChI=1S/C21H22BrN3O2S/c1-24(2)18-10-9-15(13-17(18)22)14-19-20(26)25(11-12-27-3)21(28-19)23-16-7-5-4-6-8-16/h4-10,13-14H,11-12H2,1-3H3. The van der Waals surface area contributed by atoms with Crippen molar-refractivity contribution in [1.82, 2.24) is 4.90 Å². The van der Waals surface area contributed by atoms with Gasteiger partial charge in [0.05, 0.1) is 29.4 Å². The number of benzene rings is 2. The summed E-state index contributed by atoms with van der Waals surface area (Å²) in [5.41, 5.74) is 2.86. The minimum Gasteiger partial charge on any atom is -0.383 e. The van der Waals surface area contributed by atoms with Gasteiger partial charge in [0.15, 0.2) is 5.17 Å². The summed E-state index contributed by atoms with van der Waals surface area (Å²) < 4.78 is 6.15. The molecule has 1 heterocycles. The number of amidine groups is 1. The number of rotatable bonds is 6. The summed E-state index contributed by atoms with van der Waals surface area (Å²) in [6.07, 6.45) is 1.91. The highest BCUT2D eigenvalue weighted by molar-refractivity contribution is 9.10. The lowest BCUT2D eigenvalue weighted by Gasteiger charge is -2.15. The average molecular weight is 460 g/mol. The van der Waals surface area contributed by atoms with Crippen LogP contribution in [0.3, 0.4) is 0 Å². The number of anilines is 1. The molecule has 3 rings (SSSR count). The van der Waals surface area contributed by atoms with Crippen LogP contribution in [0.1, 0.15) is 5.56 Å². The smallest absolute Gasteiger partial charge is 0.266 e. The van der Waals surface area contributed by atoms with E-state index in [9.17, 15) is 4.79 Å². The van der Waals surface area contributed by atoms with Gasteiger partial charge in [-0.1, -0.05) is 24.3 Å². The third-order valence-corrected chi connectivity index (χ3v) is 5.78. The zero-order chi connectivity index (χ0) is 20.1. The summed E-state index contributed by atoms with van der Waals surface area (Å²) in [6.45, 7) is 0.922. The molecule has 2 aromatic rings. The molecule has 0 radical (unpaired) electrons. The van der Waals surface area contributed by atoms with Gasteiger partial charge in [0.25, 0.3) is 5.91 Å². The van der Waals surface area contributed by atoms with Gasteiger partial charge in [-0.25, -0.2) is 4.99 Å². The van der Waals surface area contributed by atoms with Gasteiger partial charge in [0.2, 0.25) is 0 Å². The first-order chi connectivity index (χ1) is 13.5. The molecule has 1 fully saturated rings. The van der Waals surface area contributed by atoms with Crippen molar-refractivity contribution in [3.05, 3.63) is 63.5 Å². The molecule has 1 saturated heterocycles. The van der Waals surface area contributed by atoms with Crippen LogP contribution in [0.5, 0.6) is 0 Å². The first-order valence-corrected chi connectivity index (χ1v) is 10.4. The van der Waals surface area contributed by atoms with Crippen LogP contribution >= 0.6 is 27.7 Å². The molecule has 1 aliphatic heterocycles. The Balaban J connectivity index is 1.91. The second-order valence-electron chi connectivity index (χ2n) is 6.40. The molecule has 146 valence electrons. The number of amides is 1. The zero-order valence-electron chi connectivity index (χ0n) is 16.1. The van der Waals surface area contributed by atoms with E-state index in [-0.39, 0.29) is 5.91 Å². The third-order valence-electron chi connectivity index (χ3n) is 4.14. The second-order valence-corrected chi connectivity index (χ2v) is 8.26. The molecular formula is C21H22BrN3O2S. The van der Waals surface area contributed by atoms with E-state index < -0.39 is 0 Å². The van der Waals surface area contributed by atoms with Gasteiger partial charge in [-0.3, -0.25) is 9.69 Å². The maximum atomic E-state index is 13.0. The molecule has 0 aliphatic carbocycles. The Morgan fingerprint density at radius 1 is 1.21 bits per heavy atom. The van der Waals surface area contributed by atoms with Gasteiger partial charge in [-0.15, -0.1) is 0 Å². The minimum absolute atomic E-state index is 0.0514. The molecule has 5 nitrogen and oxygen atoms in total. The van der Waals surface area contributed by atoms with Crippen LogP contribution in [-0.2, 0) is 9.53 Å². The van der Waals surface area contributed by atoms with Crippen LogP contribution in [0.2, 0.25) is 0 Å². The average Bonchev–Trinajstić information content (AvgIpc) is 2.95. The van der Waals surface area contributed by atoms with E-state index in [1.165, 1.54) is 11.8 Å². The fourth-order valence-electron chi connectivity index (χ4n) is 2.71. The molecule has 1 amide bonds. The van der Waals surface area contributed by atoms with Gasteiger partial charge in [0.1, 0.15) is 0 Å². The van der Waals surface area contributed by atoms with Crippen LogP contribution in [0.4, 0.5) is 11.4 Å². The van der Waals surface area contributed by atoms with Gasteiger partial charge in [-0.05, 0) is 63.6 Å². The Kier molecular flexibility index (Phi) is 6.93. The molecule has 1 aliphatic rings. The number of carbonyl (C=O) groups is 1. The number of halogens is 1. The molecule has 0 saturated carbocycles. The van der Waals surface area contributed by atoms with Crippen molar-refractivity contribution in [2.24, 2.45) is 4.99 Å². The van der Waals surface area contributed by atoms with Crippen LogP contribution in [0.25, 0.3) is 6.08 Å². The Morgan fingerprint density at radius 3 is 2.61 bits per heavy atom. The van der Waals surface area contributed by atoms with Crippen molar-refractivity contribution >= 4 is 56.2 Å². The Hall–Kier alpha value is -2.09. The van der Waals surface area contributed by atoms with Crippen LogP contribution in [0, 0.1) is 0 Å². The number of methoxy groups -OCH3 is 1. The summed E-state index contributed by atoms with van der Waals surface area (Å²) in [6, 6.07) is 15.7. The zero-order valence-corrected chi connectivity index (χ0v) is 18.5. The summed E-state index contributed by atoms with van der Waals surface area (Å²) >= 11 is 4.99. The van der Waals surface area contributed by atoms with Crippen molar-refractivity contribution in [2.45, 2.75) is 0 Å². The van der Waals surface area contributed by atoms with E-state index in [1.807, 2.05) is 73.6 Å². The van der Waals surface area contributed by atoms with Crippen molar-refractivity contribution in [1.29, 1.82) is 0 Å². The molecule has 0 N–H and O–H groups in total. The predicted octanol–water partition coefficient (Wildman–Crippen LogP) is 4.77. The Labute approximate surface area is 178 Å². The second kappa shape index (κ2) is 9.41.